The zero-order chi connectivity index (χ0) is 9.26. The van der Waals surface area contributed by atoms with Crippen molar-refractivity contribution in [3.8, 4) is 0 Å². The van der Waals surface area contributed by atoms with Crippen LogP contribution in [0.4, 0.5) is 0 Å². The van der Waals surface area contributed by atoms with Gasteiger partial charge in [-0.05, 0) is 12.3 Å². The van der Waals surface area contributed by atoms with Gasteiger partial charge in [0.25, 0.3) is 0 Å². The quantitative estimate of drug-likeness (QED) is 0.477. The van der Waals surface area contributed by atoms with Gasteiger partial charge < -0.3 is 4.74 Å². The molecule has 0 amide bonds. The molecule has 2 aliphatic carbocycles. The van der Waals surface area contributed by atoms with Crippen LogP contribution in [-0.2, 0) is 9.53 Å². The molecule has 0 unspecified atom stereocenters. The first-order chi connectivity index (χ1) is 6.27. The van der Waals surface area contributed by atoms with Crippen molar-refractivity contribution in [2.45, 2.75) is 13.3 Å². The van der Waals surface area contributed by atoms with Gasteiger partial charge in [0.05, 0.1) is 6.61 Å². The van der Waals surface area contributed by atoms with E-state index in [4.69, 9.17) is 4.74 Å². The van der Waals surface area contributed by atoms with Crippen molar-refractivity contribution < 1.29 is 9.53 Å². The standard InChI is InChI=1S/C11H14O2/c1-8(12)13-7-11-9-3-2-4-10(11)6-5-9/h2-3,5-6,9-11H,4,7H2,1H3/t9-,10-,11-/m0/s1. The summed E-state index contributed by atoms with van der Waals surface area (Å²) < 4.78 is 5.05. The van der Waals surface area contributed by atoms with Crippen LogP contribution in [0.1, 0.15) is 13.3 Å². The van der Waals surface area contributed by atoms with Gasteiger partial charge in [0.2, 0.25) is 0 Å². The largest absolute Gasteiger partial charge is 0.466 e. The highest BCUT2D eigenvalue weighted by atomic mass is 16.5. The van der Waals surface area contributed by atoms with E-state index in [9.17, 15) is 4.79 Å². The van der Waals surface area contributed by atoms with Gasteiger partial charge in [0, 0.05) is 18.8 Å². The van der Waals surface area contributed by atoms with E-state index < -0.39 is 0 Å². The fourth-order valence-corrected chi connectivity index (χ4v) is 2.14. The third kappa shape index (κ3) is 1.67. The van der Waals surface area contributed by atoms with Crippen LogP contribution in [-0.4, -0.2) is 12.6 Å². The van der Waals surface area contributed by atoms with Crippen molar-refractivity contribution in [2.24, 2.45) is 17.8 Å². The summed E-state index contributed by atoms with van der Waals surface area (Å²) in [6, 6.07) is 0. The topological polar surface area (TPSA) is 26.3 Å². The smallest absolute Gasteiger partial charge is 0.302 e. The van der Waals surface area contributed by atoms with E-state index in [2.05, 4.69) is 24.3 Å². The minimum Gasteiger partial charge on any atom is -0.466 e. The number of carbonyl (C=O) groups is 1. The van der Waals surface area contributed by atoms with E-state index in [-0.39, 0.29) is 5.97 Å². The van der Waals surface area contributed by atoms with Gasteiger partial charge >= 0.3 is 5.97 Å². The Kier molecular flexibility index (Phi) is 2.21. The predicted molar refractivity (Wildman–Crippen MR) is 50.0 cm³/mol. The maximum atomic E-state index is 10.7. The van der Waals surface area contributed by atoms with Crippen LogP contribution in [0.3, 0.4) is 0 Å². The first-order valence-corrected chi connectivity index (χ1v) is 4.76. The van der Waals surface area contributed by atoms with E-state index in [1.54, 1.807) is 0 Å². The van der Waals surface area contributed by atoms with Crippen LogP contribution >= 0.6 is 0 Å². The van der Waals surface area contributed by atoms with Gasteiger partial charge in [-0.1, -0.05) is 24.3 Å². The number of hydrogen-bond acceptors (Lipinski definition) is 2. The maximum absolute atomic E-state index is 10.7. The van der Waals surface area contributed by atoms with Gasteiger partial charge in [0.15, 0.2) is 0 Å². The Morgan fingerprint density at radius 3 is 3.00 bits per heavy atom. The molecule has 0 aromatic rings. The zero-order valence-corrected chi connectivity index (χ0v) is 7.77. The molecule has 70 valence electrons. The van der Waals surface area contributed by atoms with Gasteiger partial charge in [-0.2, -0.15) is 0 Å². The van der Waals surface area contributed by atoms with Gasteiger partial charge in [0.1, 0.15) is 0 Å². The van der Waals surface area contributed by atoms with Crippen LogP contribution in [0.5, 0.6) is 0 Å². The van der Waals surface area contributed by atoms with Crippen LogP contribution < -0.4 is 0 Å². The molecule has 0 heterocycles. The van der Waals surface area contributed by atoms with Crippen LogP contribution in [0.25, 0.3) is 0 Å². The number of carbonyl (C=O) groups excluding carboxylic acids is 1. The number of allylic oxidation sites excluding steroid dienone is 4. The minimum absolute atomic E-state index is 0.172. The Morgan fingerprint density at radius 1 is 1.46 bits per heavy atom. The molecule has 0 aromatic carbocycles. The van der Waals surface area contributed by atoms with Crippen LogP contribution in [0.2, 0.25) is 0 Å². The summed E-state index contributed by atoms with van der Waals surface area (Å²) in [4.78, 5) is 10.7. The Hall–Kier alpha value is -1.05. The van der Waals surface area contributed by atoms with Crippen molar-refractivity contribution in [3.63, 3.8) is 0 Å². The molecule has 0 saturated heterocycles. The summed E-state index contributed by atoms with van der Waals surface area (Å²) >= 11 is 0. The van der Waals surface area contributed by atoms with Crippen molar-refractivity contribution in [2.75, 3.05) is 6.61 Å². The molecule has 3 atom stereocenters. The number of rotatable bonds is 2. The Bertz CT molecular complexity index is 263. The summed E-state index contributed by atoms with van der Waals surface area (Å²) in [5.41, 5.74) is 0. The second kappa shape index (κ2) is 3.36. The molecule has 0 aromatic heterocycles. The summed E-state index contributed by atoms with van der Waals surface area (Å²) in [5.74, 6) is 1.41. The highest BCUT2D eigenvalue weighted by Gasteiger charge is 2.32. The normalized spacial score (nSPS) is 35.0. The molecule has 0 radical (unpaired) electrons. The number of ether oxygens (including phenoxy) is 1. The fourth-order valence-electron chi connectivity index (χ4n) is 2.14. The number of hydrogen-bond donors (Lipinski definition) is 0. The van der Waals surface area contributed by atoms with E-state index in [1.807, 2.05) is 0 Å². The second-order valence-electron chi connectivity index (χ2n) is 3.76. The van der Waals surface area contributed by atoms with Gasteiger partial charge in [-0.25, -0.2) is 0 Å². The lowest BCUT2D eigenvalue weighted by atomic mass is 9.82. The summed E-state index contributed by atoms with van der Waals surface area (Å²) in [6.07, 6.45) is 10.0. The molecule has 2 bridgehead atoms. The highest BCUT2D eigenvalue weighted by Crippen LogP contribution is 2.38. The molecular formula is C11H14O2. The monoisotopic (exact) mass is 178 g/mol. The Labute approximate surface area is 78.3 Å². The lowest BCUT2D eigenvalue weighted by molar-refractivity contribution is -0.142. The average Bonchev–Trinajstić information content (AvgIpc) is 2.34. The third-order valence-corrected chi connectivity index (χ3v) is 2.87. The second-order valence-corrected chi connectivity index (χ2v) is 3.76. The van der Waals surface area contributed by atoms with E-state index in [1.165, 1.54) is 6.92 Å². The van der Waals surface area contributed by atoms with E-state index in [0.29, 0.717) is 24.4 Å². The average molecular weight is 178 g/mol. The molecule has 2 nitrogen and oxygen atoms in total. The van der Waals surface area contributed by atoms with Crippen molar-refractivity contribution >= 4 is 5.97 Å². The molecule has 0 spiro atoms. The molecule has 0 N–H and O–H groups in total. The summed E-state index contributed by atoms with van der Waals surface area (Å²) in [5, 5.41) is 0. The summed E-state index contributed by atoms with van der Waals surface area (Å²) in [6.45, 7) is 2.04. The maximum Gasteiger partial charge on any atom is 0.302 e. The molecule has 2 aliphatic rings. The minimum atomic E-state index is -0.172. The third-order valence-electron chi connectivity index (χ3n) is 2.87. The number of esters is 1. The van der Waals surface area contributed by atoms with Crippen molar-refractivity contribution in [1.82, 2.24) is 0 Å². The highest BCUT2D eigenvalue weighted by molar-refractivity contribution is 5.65. The fraction of sp³-hybridized carbons (Fsp3) is 0.545. The zero-order valence-electron chi connectivity index (χ0n) is 7.77. The molecule has 0 fully saturated rings. The van der Waals surface area contributed by atoms with E-state index in [0.717, 1.165) is 6.42 Å². The first-order valence-electron chi connectivity index (χ1n) is 4.76. The SMILES string of the molecule is CC(=O)OC[C@H]1[C@H]2C=CC[C@H]1C=C2. The van der Waals surface area contributed by atoms with E-state index >= 15 is 0 Å². The molecule has 13 heavy (non-hydrogen) atoms. The van der Waals surface area contributed by atoms with Crippen molar-refractivity contribution in [3.05, 3.63) is 24.3 Å². The first kappa shape index (κ1) is 8.54. The van der Waals surface area contributed by atoms with Crippen molar-refractivity contribution in [1.29, 1.82) is 0 Å². The number of fused-ring (bicyclic) bond motifs is 2. The lowest BCUT2D eigenvalue weighted by Gasteiger charge is -2.25. The van der Waals surface area contributed by atoms with Gasteiger partial charge in [-0.3, -0.25) is 4.79 Å². The predicted octanol–water partition coefficient (Wildman–Crippen LogP) is 1.93. The Morgan fingerprint density at radius 2 is 2.31 bits per heavy atom. The van der Waals surface area contributed by atoms with Crippen LogP contribution in [0, 0.1) is 17.8 Å². The Balaban J connectivity index is 1.95. The van der Waals surface area contributed by atoms with Gasteiger partial charge in [-0.15, -0.1) is 0 Å². The molecular weight excluding hydrogens is 164 g/mol. The van der Waals surface area contributed by atoms with Crippen LogP contribution in [0.15, 0.2) is 24.3 Å². The lowest BCUT2D eigenvalue weighted by Crippen LogP contribution is -2.24. The molecule has 0 saturated carbocycles. The molecule has 0 aliphatic heterocycles. The molecule has 2 rings (SSSR count). The molecule has 2 heteroatoms. The summed E-state index contributed by atoms with van der Waals surface area (Å²) in [7, 11) is 0.